The van der Waals surface area contributed by atoms with Crippen molar-refractivity contribution in [3.8, 4) is 0 Å². The van der Waals surface area contributed by atoms with Crippen LogP contribution in [-0.4, -0.2) is 15.8 Å². The van der Waals surface area contributed by atoms with Crippen molar-refractivity contribution >= 4 is 44.0 Å². The quantitative estimate of drug-likeness (QED) is 0.484. The van der Waals surface area contributed by atoms with E-state index in [0.29, 0.717) is 15.7 Å². The second-order valence-electron chi connectivity index (χ2n) is 5.49. The van der Waals surface area contributed by atoms with Crippen LogP contribution >= 0.6 is 22.9 Å². The zero-order valence-corrected chi connectivity index (χ0v) is 15.0. The first kappa shape index (κ1) is 16.9. The monoisotopic (exact) mass is 359 g/mol. The molecule has 2 N–H and O–H groups in total. The number of benzene rings is 2. The number of aliphatic hydroxyl groups is 1. The molecule has 3 aromatic rings. The molecule has 2 aromatic carbocycles. The van der Waals surface area contributed by atoms with E-state index in [1.807, 2.05) is 50.2 Å². The molecule has 0 radical (unpaired) electrons. The van der Waals surface area contributed by atoms with Gasteiger partial charge in [-0.1, -0.05) is 60.2 Å². The first-order chi connectivity index (χ1) is 11.6. The maximum absolute atomic E-state index is 10.7. The standard InChI is InChI=1S/C18H18ClN3OS/c1-3-11(2)21-22-18-20-16-14(9-13(19)10-15(16)24-18)17(23)12-7-5-4-6-8-12/h4-10,17,23H,3H2,1-2H3,(H,20,22)/b21-11+. The minimum Gasteiger partial charge on any atom is -0.384 e. The fourth-order valence-corrected chi connectivity index (χ4v) is 3.49. The number of hydrogen-bond donors (Lipinski definition) is 2. The summed E-state index contributed by atoms with van der Waals surface area (Å²) in [6.45, 7) is 4.01. The first-order valence-electron chi connectivity index (χ1n) is 7.70. The highest BCUT2D eigenvalue weighted by Crippen LogP contribution is 2.36. The number of aromatic nitrogens is 1. The number of hydrogen-bond acceptors (Lipinski definition) is 5. The van der Waals surface area contributed by atoms with E-state index < -0.39 is 6.10 Å². The molecule has 0 fully saturated rings. The molecule has 0 aliphatic rings. The lowest BCUT2D eigenvalue weighted by Gasteiger charge is -2.12. The van der Waals surface area contributed by atoms with Gasteiger partial charge in [0, 0.05) is 16.3 Å². The minimum atomic E-state index is -0.775. The molecule has 1 aromatic heterocycles. The summed E-state index contributed by atoms with van der Waals surface area (Å²) in [6, 6.07) is 13.1. The predicted octanol–water partition coefficient (Wildman–Crippen LogP) is 5.23. The van der Waals surface area contributed by atoms with Gasteiger partial charge in [-0.05, 0) is 31.0 Å². The van der Waals surface area contributed by atoms with Gasteiger partial charge in [0.1, 0.15) is 6.10 Å². The number of thiazole rings is 1. The van der Waals surface area contributed by atoms with E-state index in [2.05, 4.69) is 15.5 Å². The lowest BCUT2D eigenvalue weighted by atomic mass is 10.0. The Morgan fingerprint density at radius 3 is 2.79 bits per heavy atom. The lowest BCUT2D eigenvalue weighted by Crippen LogP contribution is -2.00. The van der Waals surface area contributed by atoms with Gasteiger partial charge in [-0.25, -0.2) is 4.98 Å². The van der Waals surface area contributed by atoms with Crippen LogP contribution in [0.15, 0.2) is 47.6 Å². The third kappa shape index (κ3) is 3.59. The van der Waals surface area contributed by atoms with E-state index >= 15 is 0 Å². The molecule has 124 valence electrons. The Morgan fingerprint density at radius 2 is 2.08 bits per heavy atom. The molecule has 0 bridgehead atoms. The van der Waals surface area contributed by atoms with Gasteiger partial charge in [0.25, 0.3) is 0 Å². The molecule has 0 saturated heterocycles. The van der Waals surface area contributed by atoms with Crippen LogP contribution in [0.1, 0.15) is 37.5 Å². The van der Waals surface area contributed by atoms with E-state index in [1.165, 1.54) is 11.3 Å². The van der Waals surface area contributed by atoms with Crippen LogP contribution in [0.2, 0.25) is 5.02 Å². The Kier molecular flexibility index (Phi) is 5.14. The van der Waals surface area contributed by atoms with Gasteiger partial charge in [-0.15, -0.1) is 0 Å². The summed E-state index contributed by atoms with van der Waals surface area (Å²) in [4.78, 5) is 4.59. The Morgan fingerprint density at radius 1 is 1.33 bits per heavy atom. The summed E-state index contributed by atoms with van der Waals surface area (Å²) in [5.41, 5.74) is 6.23. The molecule has 1 unspecified atom stereocenters. The number of halogens is 1. The molecule has 1 atom stereocenters. The Bertz CT molecular complexity index is 877. The van der Waals surface area contributed by atoms with Crippen molar-refractivity contribution in [3.05, 3.63) is 58.6 Å². The number of nitrogens with zero attached hydrogens (tertiary/aromatic N) is 2. The first-order valence-corrected chi connectivity index (χ1v) is 8.90. The number of hydrazone groups is 1. The molecule has 0 aliphatic carbocycles. The number of nitrogens with one attached hydrogen (secondary N) is 1. The van der Waals surface area contributed by atoms with Crippen LogP contribution in [0.5, 0.6) is 0 Å². The highest BCUT2D eigenvalue weighted by atomic mass is 35.5. The molecule has 3 rings (SSSR count). The molecule has 0 spiro atoms. The van der Waals surface area contributed by atoms with Crippen LogP contribution in [0, 0.1) is 0 Å². The van der Waals surface area contributed by atoms with Crippen LogP contribution in [-0.2, 0) is 0 Å². The van der Waals surface area contributed by atoms with Crippen molar-refractivity contribution < 1.29 is 5.11 Å². The van der Waals surface area contributed by atoms with Crippen molar-refractivity contribution in [1.29, 1.82) is 0 Å². The molecule has 1 heterocycles. The third-order valence-corrected chi connectivity index (χ3v) is 4.88. The largest absolute Gasteiger partial charge is 0.384 e. The van der Waals surface area contributed by atoms with Gasteiger partial charge in [0.15, 0.2) is 0 Å². The SMILES string of the molecule is CC/C(C)=N/Nc1nc2c(C(O)c3ccccc3)cc(Cl)cc2s1. The van der Waals surface area contributed by atoms with Gasteiger partial charge >= 0.3 is 0 Å². The lowest BCUT2D eigenvalue weighted by molar-refractivity contribution is 0.221. The second kappa shape index (κ2) is 7.30. The van der Waals surface area contributed by atoms with Gasteiger partial charge in [0.05, 0.1) is 10.2 Å². The zero-order chi connectivity index (χ0) is 17.1. The smallest absolute Gasteiger partial charge is 0.204 e. The fraction of sp³-hybridized carbons (Fsp3) is 0.222. The molecule has 4 nitrogen and oxygen atoms in total. The maximum Gasteiger partial charge on any atom is 0.204 e. The fourth-order valence-electron chi connectivity index (χ4n) is 2.31. The summed E-state index contributed by atoms with van der Waals surface area (Å²) in [6.07, 6.45) is 0.102. The van der Waals surface area contributed by atoms with E-state index in [1.54, 1.807) is 6.07 Å². The van der Waals surface area contributed by atoms with Gasteiger partial charge in [-0.3, -0.25) is 5.43 Å². The van der Waals surface area contributed by atoms with E-state index in [9.17, 15) is 5.11 Å². The van der Waals surface area contributed by atoms with E-state index in [4.69, 9.17) is 11.6 Å². The average molecular weight is 360 g/mol. The molecule has 6 heteroatoms. The Hall–Kier alpha value is -1.95. The van der Waals surface area contributed by atoms with Gasteiger partial charge in [0.2, 0.25) is 5.13 Å². The molecule has 0 amide bonds. The predicted molar refractivity (Wildman–Crippen MR) is 102 cm³/mol. The highest BCUT2D eigenvalue weighted by Gasteiger charge is 2.17. The number of rotatable bonds is 5. The summed E-state index contributed by atoms with van der Waals surface area (Å²) in [5, 5.41) is 16.3. The zero-order valence-electron chi connectivity index (χ0n) is 13.5. The van der Waals surface area contributed by atoms with Crippen molar-refractivity contribution in [2.24, 2.45) is 5.10 Å². The summed E-state index contributed by atoms with van der Waals surface area (Å²) in [7, 11) is 0. The van der Waals surface area contributed by atoms with Crippen molar-refractivity contribution in [2.75, 3.05) is 5.43 Å². The van der Waals surface area contributed by atoms with Crippen LogP contribution in [0.25, 0.3) is 10.2 Å². The van der Waals surface area contributed by atoms with E-state index in [-0.39, 0.29) is 0 Å². The molecule has 0 saturated carbocycles. The summed E-state index contributed by atoms with van der Waals surface area (Å²) < 4.78 is 0.916. The normalized spacial score (nSPS) is 13.2. The summed E-state index contributed by atoms with van der Waals surface area (Å²) >= 11 is 7.70. The Labute approximate surface area is 149 Å². The number of fused-ring (bicyclic) bond motifs is 1. The van der Waals surface area contributed by atoms with Crippen molar-refractivity contribution in [1.82, 2.24) is 4.98 Å². The minimum absolute atomic E-state index is 0.580. The van der Waals surface area contributed by atoms with E-state index in [0.717, 1.165) is 27.9 Å². The topological polar surface area (TPSA) is 57.5 Å². The summed E-state index contributed by atoms with van der Waals surface area (Å²) in [5.74, 6) is 0. The molecular formula is C18H18ClN3OS. The highest BCUT2D eigenvalue weighted by molar-refractivity contribution is 7.22. The van der Waals surface area contributed by atoms with Crippen LogP contribution < -0.4 is 5.43 Å². The maximum atomic E-state index is 10.7. The van der Waals surface area contributed by atoms with Crippen molar-refractivity contribution in [2.45, 2.75) is 26.4 Å². The molecule has 0 aliphatic heterocycles. The van der Waals surface area contributed by atoms with Gasteiger partial charge in [-0.2, -0.15) is 5.10 Å². The number of aliphatic hydroxyl groups excluding tert-OH is 1. The van der Waals surface area contributed by atoms with Gasteiger partial charge < -0.3 is 5.11 Å². The molecule has 24 heavy (non-hydrogen) atoms. The second-order valence-corrected chi connectivity index (χ2v) is 6.95. The third-order valence-electron chi connectivity index (χ3n) is 3.75. The van der Waals surface area contributed by atoms with Crippen LogP contribution in [0.4, 0.5) is 5.13 Å². The number of anilines is 1. The average Bonchev–Trinajstić information content (AvgIpc) is 3.01. The van der Waals surface area contributed by atoms with Crippen molar-refractivity contribution in [3.63, 3.8) is 0 Å². The Balaban J connectivity index is 2.03. The van der Waals surface area contributed by atoms with Crippen LogP contribution in [0.3, 0.4) is 0 Å². The molecular weight excluding hydrogens is 342 g/mol.